The predicted molar refractivity (Wildman–Crippen MR) is 62.1 cm³/mol. The van der Waals surface area contributed by atoms with E-state index in [4.69, 9.17) is 10.8 Å². The molecule has 0 unspecified atom stereocenters. The first kappa shape index (κ1) is 15.4. The Labute approximate surface area is 101 Å². The molecule has 0 fully saturated rings. The minimum atomic E-state index is -1.15. The zero-order valence-corrected chi connectivity index (χ0v) is 10.7. The topological polar surface area (TPSA) is 101 Å². The van der Waals surface area contributed by atoms with Gasteiger partial charge in [0, 0.05) is 12.5 Å². The van der Waals surface area contributed by atoms with Gasteiger partial charge in [-0.1, -0.05) is 0 Å². The molecule has 0 aliphatic rings. The maximum atomic E-state index is 11.9. The van der Waals surface area contributed by atoms with Gasteiger partial charge in [-0.3, -0.25) is 14.4 Å². The quantitative estimate of drug-likeness (QED) is 0.697. The van der Waals surface area contributed by atoms with Gasteiger partial charge in [0.25, 0.3) is 0 Å². The Hall–Kier alpha value is -1.59. The van der Waals surface area contributed by atoms with Crippen molar-refractivity contribution in [1.29, 1.82) is 0 Å². The van der Waals surface area contributed by atoms with Crippen LogP contribution in [0, 0.1) is 5.41 Å². The average molecular weight is 244 g/mol. The first-order valence-electron chi connectivity index (χ1n) is 5.39. The summed E-state index contributed by atoms with van der Waals surface area (Å²) in [6.45, 7) is 6.24. The summed E-state index contributed by atoms with van der Waals surface area (Å²) in [5.74, 6) is -2.04. The molecule has 0 atom stereocenters. The van der Waals surface area contributed by atoms with Crippen LogP contribution in [0.3, 0.4) is 0 Å². The fraction of sp³-hybridized carbons (Fsp3) is 0.727. The van der Waals surface area contributed by atoms with E-state index in [0.29, 0.717) is 0 Å². The molecule has 0 saturated heterocycles. The minimum Gasteiger partial charge on any atom is -0.481 e. The zero-order valence-electron chi connectivity index (χ0n) is 10.7. The molecule has 0 rings (SSSR count). The van der Waals surface area contributed by atoms with Crippen molar-refractivity contribution in [1.82, 2.24) is 4.90 Å². The van der Waals surface area contributed by atoms with Crippen LogP contribution in [0.1, 0.15) is 34.1 Å². The van der Waals surface area contributed by atoms with E-state index < -0.39 is 17.3 Å². The van der Waals surface area contributed by atoms with Crippen LogP contribution in [0.15, 0.2) is 0 Å². The lowest BCUT2D eigenvalue weighted by Gasteiger charge is -2.28. The Kier molecular flexibility index (Phi) is 5.12. The highest BCUT2D eigenvalue weighted by molar-refractivity contribution is 5.87. The monoisotopic (exact) mass is 244 g/mol. The number of carbonyl (C=O) groups is 3. The normalized spacial score (nSPS) is 11.4. The Balaban J connectivity index is 4.75. The second-order valence-corrected chi connectivity index (χ2v) is 4.95. The third-order valence-corrected chi connectivity index (χ3v) is 2.44. The Morgan fingerprint density at radius 2 is 1.76 bits per heavy atom. The number of amides is 2. The first-order valence-corrected chi connectivity index (χ1v) is 5.39. The van der Waals surface area contributed by atoms with Crippen LogP contribution in [0.2, 0.25) is 0 Å². The number of carboxylic acids is 1. The number of rotatable bonds is 6. The van der Waals surface area contributed by atoms with Crippen molar-refractivity contribution in [3.05, 3.63) is 0 Å². The van der Waals surface area contributed by atoms with E-state index in [9.17, 15) is 14.4 Å². The van der Waals surface area contributed by atoms with Crippen LogP contribution in [-0.4, -0.2) is 40.4 Å². The Morgan fingerprint density at radius 3 is 2.06 bits per heavy atom. The van der Waals surface area contributed by atoms with E-state index in [2.05, 4.69) is 0 Å². The van der Waals surface area contributed by atoms with Gasteiger partial charge in [-0.25, -0.2) is 0 Å². The third kappa shape index (κ3) is 4.84. The van der Waals surface area contributed by atoms with Gasteiger partial charge in [-0.15, -0.1) is 0 Å². The number of carbonyl (C=O) groups excluding carboxylic acids is 2. The highest BCUT2D eigenvalue weighted by atomic mass is 16.4. The lowest BCUT2D eigenvalue weighted by atomic mass is 9.89. The van der Waals surface area contributed by atoms with Crippen molar-refractivity contribution in [2.75, 3.05) is 6.54 Å². The molecule has 98 valence electrons. The van der Waals surface area contributed by atoms with Gasteiger partial charge < -0.3 is 15.7 Å². The number of carboxylic acid groups (broad SMARTS) is 1. The fourth-order valence-corrected chi connectivity index (χ4v) is 1.28. The summed E-state index contributed by atoms with van der Waals surface area (Å²) in [5, 5.41) is 8.93. The van der Waals surface area contributed by atoms with Crippen molar-refractivity contribution in [2.45, 2.75) is 40.2 Å². The first-order chi connectivity index (χ1) is 7.58. The molecule has 6 heteroatoms. The SMILES string of the molecule is CC(C)N(CC(N)=O)C(=O)CC(C)(C)C(=O)O. The van der Waals surface area contributed by atoms with Gasteiger partial charge in [0.15, 0.2) is 0 Å². The molecule has 3 N–H and O–H groups in total. The van der Waals surface area contributed by atoms with Gasteiger partial charge in [0.05, 0.1) is 12.0 Å². The Morgan fingerprint density at radius 1 is 1.29 bits per heavy atom. The summed E-state index contributed by atoms with van der Waals surface area (Å²) in [6, 6.07) is -0.195. The van der Waals surface area contributed by atoms with E-state index in [1.807, 2.05) is 0 Å². The lowest BCUT2D eigenvalue weighted by molar-refractivity contribution is -0.152. The second-order valence-electron chi connectivity index (χ2n) is 4.95. The largest absolute Gasteiger partial charge is 0.481 e. The molecule has 0 aliphatic heterocycles. The minimum absolute atomic E-state index is 0.159. The van der Waals surface area contributed by atoms with Crippen molar-refractivity contribution in [3.8, 4) is 0 Å². The summed E-state index contributed by atoms with van der Waals surface area (Å²) in [4.78, 5) is 34.9. The highest BCUT2D eigenvalue weighted by Crippen LogP contribution is 2.22. The van der Waals surface area contributed by atoms with Gasteiger partial charge in [-0.2, -0.15) is 0 Å². The van der Waals surface area contributed by atoms with Crippen molar-refractivity contribution in [2.24, 2.45) is 11.1 Å². The highest BCUT2D eigenvalue weighted by Gasteiger charge is 2.33. The van der Waals surface area contributed by atoms with Crippen LogP contribution in [-0.2, 0) is 14.4 Å². The van der Waals surface area contributed by atoms with Gasteiger partial charge in [-0.05, 0) is 27.7 Å². The average Bonchev–Trinajstić information content (AvgIpc) is 2.12. The maximum absolute atomic E-state index is 11.9. The molecule has 0 aromatic carbocycles. The van der Waals surface area contributed by atoms with E-state index in [0.717, 1.165) is 0 Å². The van der Waals surface area contributed by atoms with Crippen LogP contribution < -0.4 is 5.73 Å². The van der Waals surface area contributed by atoms with E-state index in [1.54, 1.807) is 13.8 Å². The summed E-state index contributed by atoms with van der Waals surface area (Å²) in [6.07, 6.45) is -0.159. The summed E-state index contributed by atoms with van der Waals surface area (Å²) in [5.41, 5.74) is 3.89. The molecule has 0 radical (unpaired) electrons. The summed E-state index contributed by atoms with van der Waals surface area (Å²) < 4.78 is 0. The Bertz CT molecular complexity index is 323. The predicted octanol–water partition coefficient (Wildman–Crippen LogP) is 0.210. The molecule has 0 aromatic heterocycles. The van der Waals surface area contributed by atoms with E-state index >= 15 is 0 Å². The van der Waals surface area contributed by atoms with Crippen molar-refractivity contribution >= 4 is 17.8 Å². The molecule has 0 spiro atoms. The van der Waals surface area contributed by atoms with Crippen LogP contribution in [0.25, 0.3) is 0 Å². The molecule has 0 bridgehead atoms. The molecular weight excluding hydrogens is 224 g/mol. The summed E-state index contributed by atoms with van der Waals surface area (Å²) >= 11 is 0. The second kappa shape index (κ2) is 5.65. The molecule has 17 heavy (non-hydrogen) atoms. The number of nitrogens with zero attached hydrogens (tertiary/aromatic N) is 1. The number of primary amides is 1. The smallest absolute Gasteiger partial charge is 0.309 e. The van der Waals surface area contributed by atoms with Crippen molar-refractivity contribution in [3.63, 3.8) is 0 Å². The van der Waals surface area contributed by atoms with Crippen molar-refractivity contribution < 1.29 is 19.5 Å². The number of hydrogen-bond donors (Lipinski definition) is 2. The van der Waals surface area contributed by atoms with Crippen LogP contribution in [0.4, 0.5) is 0 Å². The number of aliphatic carboxylic acids is 1. The lowest BCUT2D eigenvalue weighted by Crippen LogP contribution is -2.45. The van der Waals surface area contributed by atoms with Gasteiger partial charge in [0.2, 0.25) is 11.8 Å². The van der Waals surface area contributed by atoms with Gasteiger partial charge in [0.1, 0.15) is 0 Å². The molecule has 2 amide bonds. The molecule has 6 nitrogen and oxygen atoms in total. The third-order valence-electron chi connectivity index (χ3n) is 2.44. The zero-order chi connectivity index (χ0) is 13.8. The molecule has 0 aromatic rings. The molecule has 0 saturated carbocycles. The maximum Gasteiger partial charge on any atom is 0.309 e. The van der Waals surface area contributed by atoms with Gasteiger partial charge >= 0.3 is 5.97 Å². The fourth-order valence-electron chi connectivity index (χ4n) is 1.28. The molecule has 0 aliphatic carbocycles. The molecular formula is C11H20N2O4. The van der Waals surface area contributed by atoms with Crippen LogP contribution >= 0.6 is 0 Å². The standard InChI is InChI=1S/C11H20N2O4/c1-7(2)13(6-8(12)14)9(15)5-11(3,4)10(16)17/h7H,5-6H2,1-4H3,(H2,12,14)(H,16,17). The number of hydrogen-bond acceptors (Lipinski definition) is 3. The number of nitrogens with two attached hydrogens (primary N) is 1. The van der Waals surface area contributed by atoms with Crippen LogP contribution in [0.5, 0.6) is 0 Å². The van der Waals surface area contributed by atoms with E-state index in [-0.39, 0.29) is 24.9 Å². The van der Waals surface area contributed by atoms with E-state index in [1.165, 1.54) is 18.7 Å². The molecule has 0 heterocycles. The summed E-state index contributed by atoms with van der Waals surface area (Å²) in [7, 11) is 0.